The number of aromatic carboxylic acids is 1. The van der Waals surface area contributed by atoms with Crippen LogP contribution in [-0.4, -0.2) is 21.3 Å². The van der Waals surface area contributed by atoms with Gasteiger partial charge in [0.1, 0.15) is 11.4 Å². The number of carboxylic acids is 1. The molecule has 2 aromatic rings. The molecule has 1 aromatic carbocycles. The third-order valence-electron chi connectivity index (χ3n) is 3.12. The minimum atomic E-state index is -1.19. The van der Waals surface area contributed by atoms with Crippen LogP contribution in [0.2, 0.25) is 0 Å². The highest BCUT2D eigenvalue weighted by Gasteiger charge is 2.21. The van der Waals surface area contributed by atoms with Crippen LogP contribution < -0.4 is 0 Å². The second-order valence-corrected chi connectivity index (χ2v) is 5.69. The zero-order chi connectivity index (χ0) is 15.0. The number of aromatic hydroxyl groups is 1. The summed E-state index contributed by atoms with van der Waals surface area (Å²) in [6.45, 7) is 5.75. The van der Waals surface area contributed by atoms with Gasteiger partial charge in [0.15, 0.2) is 0 Å². The van der Waals surface area contributed by atoms with Gasteiger partial charge in [0.05, 0.1) is 0 Å². The molecule has 1 heterocycles. The molecule has 0 radical (unpaired) electrons. The predicted molar refractivity (Wildman–Crippen MR) is 77.1 cm³/mol. The number of hydrogen-bond acceptors (Lipinski definition) is 4. The normalized spacial score (nSPS) is 11.1. The van der Waals surface area contributed by atoms with Crippen molar-refractivity contribution >= 4 is 21.9 Å². The molecular weight excluding hydrogens is 326 g/mol. The number of benzene rings is 1. The predicted octanol–water partition coefficient (Wildman–Crippen LogP) is 3.94. The van der Waals surface area contributed by atoms with E-state index in [1.807, 2.05) is 26.8 Å². The van der Waals surface area contributed by atoms with Crippen LogP contribution >= 0.6 is 15.9 Å². The number of halogens is 1. The highest BCUT2D eigenvalue weighted by molar-refractivity contribution is 9.10. The van der Waals surface area contributed by atoms with E-state index in [9.17, 15) is 9.90 Å². The fourth-order valence-corrected chi connectivity index (χ4v) is 2.45. The maximum absolute atomic E-state index is 10.9. The molecule has 6 heteroatoms. The number of rotatable bonds is 3. The van der Waals surface area contributed by atoms with Crippen LogP contribution in [0.1, 0.15) is 41.4 Å². The number of phenols is 1. The molecule has 0 amide bonds. The van der Waals surface area contributed by atoms with Gasteiger partial charge in [0, 0.05) is 16.1 Å². The number of carboxylic acid groups (broad SMARTS) is 1. The maximum atomic E-state index is 10.9. The summed E-state index contributed by atoms with van der Waals surface area (Å²) in [6, 6.07) is 3.16. The lowest BCUT2D eigenvalue weighted by atomic mass is 9.94. The Bertz CT molecular complexity index is 676. The summed E-state index contributed by atoms with van der Waals surface area (Å²) in [5.74, 6) is -1.23. The summed E-state index contributed by atoms with van der Waals surface area (Å²) in [5.41, 5.74) is 2.33. The van der Waals surface area contributed by atoms with E-state index in [0.717, 1.165) is 15.6 Å². The number of aromatic nitrogens is 1. The van der Waals surface area contributed by atoms with Gasteiger partial charge in [0.2, 0.25) is 5.76 Å². The van der Waals surface area contributed by atoms with Crippen molar-refractivity contribution < 1.29 is 19.5 Å². The summed E-state index contributed by atoms with van der Waals surface area (Å²) in [4.78, 5) is 10.9. The minimum absolute atomic E-state index is 0.103. The second kappa shape index (κ2) is 5.28. The molecule has 0 saturated heterocycles. The van der Waals surface area contributed by atoms with Crippen molar-refractivity contribution in [2.24, 2.45) is 0 Å². The van der Waals surface area contributed by atoms with Crippen molar-refractivity contribution in [1.82, 2.24) is 5.16 Å². The molecule has 5 nitrogen and oxygen atoms in total. The first-order valence-electron chi connectivity index (χ1n) is 6.05. The van der Waals surface area contributed by atoms with Crippen LogP contribution in [0.25, 0.3) is 11.3 Å². The van der Waals surface area contributed by atoms with Crippen molar-refractivity contribution in [3.8, 4) is 17.0 Å². The third kappa shape index (κ3) is 2.43. The smallest absolute Gasteiger partial charge is 0.374 e. The SMILES string of the molecule is Cc1c(Br)cc(C(C)C)c(O)c1-c1cc(C(=O)O)on1. The van der Waals surface area contributed by atoms with Gasteiger partial charge in [-0.1, -0.05) is 34.9 Å². The van der Waals surface area contributed by atoms with Gasteiger partial charge in [-0.2, -0.15) is 0 Å². The van der Waals surface area contributed by atoms with Crippen LogP contribution in [0.3, 0.4) is 0 Å². The van der Waals surface area contributed by atoms with E-state index in [2.05, 4.69) is 21.1 Å². The Labute approximate surface area is 124 Å². The quantitative estimate of drug-likeness (QED) is 0.884. The Morgan fingerprint density at radius 2 is 2.05 bits per heavy atom. The van der Waals surface area contributed by atoms with E-state index in [1.54, 1.807) is 0 Å². The summed E-state index contributed by atoms with van der Waals surface area (Å²) in [7, 11) is 0. The molecule has 2 rings (SSSR count). The summed E-state index contributed by atoms with van der Waals surface area (Å²) < 4.78 is 5.58. The average molecular weight is 340 g/mol. The first-order valence-corrected chi connectivity index (χ1v) is 6.84. The molecule has 0 bridgehead atoms. The summed E-state index contributed by atoms with van der Waals surface area (Å²) >= 11 is 3.45. The molecule has 0 aliphatic heterocycles. The van der Waals surface area contributed by atoms with Gasteiger partial charge < -0.3 is 14.7 Å². The summed E-state index contributed by atoms with van der Waals surface area (Å²) in [6.07, 6.45) is 0. The van der Waals surface area contributed by atoms with E-state index >= 15 is 0 Å². The highest BCUT2D eigenvalue weighted by Crippen LogP contribution is 2.41. The first-order chi connectivity index (χ1) is 9.32. The van der Waals surface area contributed by atoms with Gasteiger partial charge in [0.25, 0.3) is 0 Å². The zero-order valence-corrected chi connectivity index (χ0v) is 12.9. The fourth-order valence-electron chi connectivity index (χ4n) is 2.00. The lowest BCUT2D eigenvalue weighted by molar-refractivity contribution is 0.0652. The van der Waals surface area contributed by atoms with Gasteiger partial charge >= 0.3 is 5.97 Å². The van der Waals surface area contributed by atoms with Crippen LogP contribution in [-0.2, 0) is 0 Å². The number of phenolic OH excluding ortho intramolecular Hbond substituents is 1. The second-order valence-electron chi connectivity index (χ2n) is 4.83. The Balaban J connectivity index is 2.68. The molecule has 0 atom stereocenters. The summed E-state index contributed by atoms with van der Waals surface area (Å²) in [5, 5.41) is 23.0. The number of hydrogen-bond donors (Lipinski definition) is 2. The van der Waals surface area contributed by atoms with E-state index in [1.165, 1.54) is 6.07 Å². The lowest BCUT2D eigenvalue weighted by Gasteiger charge is -2.15. The molecule has 0 spiro atoms. The Hall–Kier alpha value is -1.82. The van der Waals surface area contributed by atoms with Crippen molar-refractivity contribution in [3.63, 3.8) is 0 Å². The molecule has 1 aromatic heterocycles. The van der Waals surface area contributed by atoms with Crippen LogP contribution in [0.4, 0.5) is 0 Å². The molecule has 0 unspecified atom stereocenters. The van der Waals surface area contributed by atoms with Gasteiger partial charge in [-0.25, -0.2) is 4.79 Å². The molecule has 20 heavy (non-hydrogen) atoms. The van der Waals surface area contributed by atoms with Crippen LogP contribution in [0, 0.1) is 6.92 Å². The molecule has 2 N–H and O–H groups in total. The van der Waals surface area contributed by atoms with Gasteiger partial charge in [-0.3, -0.25) is 0 Å². The standard InChI is InChI=1S/C14H14BrNO4/c1-6(2)8-4-9(15)7(3)12(13(8)17)10-5-11(14(18)19)20-16-10/h4-6,17H,1-3H3,(H,18,19). The molecule has 0 aliphatic rings. The van der Waals surface area contributed by atoms with Crippen LogP contribution in [0.5, 0.6) is 5.75 Å². The average Bonchev–Trinajstić information content (AvgIpc) is 2.83. The minimum Gasteiger partial charge on any atom is -0.507 e. The Kier molecular flexibility index (Phi) is 3.85. The number of carbonyl (C=O) groups is 1. The maximum Gasteiger partial charge on any atom is 0.374 e. The molecule has 106 valence electrons. The number of nitrogens with zero attached hydrogens (tertiary/aromatic N) is 1. The third-order valence-corrected chi connectivity index (χ3v) is 3.95. The molecule has 0 aliphatic carbocycles. The molecule has 0 saturated carbocycles. The van der Waals surface area contributed by atoms with Gasteiger partial charge in [-0.05, 0) is 30.0 Å². The van der Waals surface area contributed by atoms with Gasteiger partial charge in [-0.15, -0.1) is 0 Å². The van der Waals surface area contributed by atoms with Crippen molar-refractivity contribution in [2.45, 2.75) is 26.7 Å². The van der Waals surface area contributed by atoms with Crippen molar-refractivity contribution in [1.29, 1.82) is 0 Å². The highest BCUT2D eigenvalue weighted by atomic mass is 79.9. The van der Waals surface area contributed by atoms with E-state index in [4.69, 9.17) is 9.63 Å². The fraction of sp³-hybridized carbons (Fsp3) is 0.286. The Morgan fingerprint density at radius 3 is 2.55 bits per heavy atom. The monoisotopic (exact) mass is 339 g/mol. The van der Waals surface area contributed by atoms with E-state index < -0.39 is 5.97 Å². The lowest BCUT2D eigenvalue weighted by Crippen LogP contribution is -1.95. The molecule has 0 fully saturated rings. The van der Waals surface area contributed by atoms with Crippen LogP contribution in [0.15, 0.2) is 21.1 Å². The zero-order valence-electron chi connectivity index (χ0n) is 11.3. The Morgan fingerprint density at radius 1 is 1.40 bits per heavy atom. The first kappa shape index (κ1) is 14.6. The van der Waals surface area contributed by atoms with Crippen molar-refractivity contribution in [3.05, 3.63) is 33.5 Å². The van der Waals surface area contributed by atoms with E-state index in [0.29, 0.717) is 11.3 Å². The largest absolute Gasteiger partial charge is 0.507 e. The molecular formula is C14H14BrNO4. The topological polar surface area (TPSA) is 83.6 Å². The van der Waals surface area contributed by atoms with Crippen molar-refractivity contribution in [2.75, 3.05) is 0 Å². The van der Waals surface area contributed by atoms with E-state index in [-0.39, 0.29) is 17.4 Å².